The largest absolute Gasteiger partial charge is 0.619 e. The number of carbonyl (C=O) groups is 2. The van der Waals surface area contributed by atoms with E-state index < -0.39 is 0 Å². The van der Waals surface area contributed by atoms with Gasteiger partial charge in [-0.1, -0.05) is 6.07 Å². The Hall–Kier alpha value is -2.69. The lowest BCUT2D eigenvalue weighted by molar-refractivity contribution is -0.603. The predicted molar refractivity (Wildman–Crippen MR) is 80.9 cm³/mol. The standard InChI is InChI=1S/C17H14N2O3/c20-16-13-5-1-2-6-14(13)17(21)19(16)15-7-3-4-11-10-18(22)9-8-12(11)15/h3-4,7-10H,1-2,5-6H2. The average Bonchev–Trinajstić information content (AvgIpc) is 2.78. The zero-order valence-electron chi connectivity index (χ0n) is 11.9. The van der Waals surface area contributed by atoms with Gasteiger partial charge in [0.15, 0.2) is 12.4 Å². The number of rotatable bonds is 1. The molecule has 0 saturated carbocycles. The number of fused-ring (bicyclic) bond motifs is 1. The van der Waals surface area contributed by atoms with Gasteiger partial charge in [-0.05, 0) is 37.8 Å². The number of hydrogen-bond acceptors (Lipinski definition) is 3. The van der Waals surface area contributed by atoms with Crippen LogP contribution in [0.1, 0.15) is 25.7 Å². The van der Waals surface area contributed by atoms with Crippen LogP contribution >= 0.6 is 0 Å². The van der Waals surface area contributed by atoms with Crippen LogP contribution in [0.4, 0.5) is 5.69 Å². The van der Waals surface area contributed by atoms with E-state index in [4.69, 9.17) is 0 Å². The second kappa shape index (κ2) is 4.66. The van der Waals surface area contributed by atoms with E-state index in [-0.39, 0.29) is 11.8 Å². The summed E-state index contributed by atoms with van der Waals surface area (Å²) >= 11 is 0. The summed E-state index contributed by atoms with van der Waals surface area (Å²) in [7, 11) is 0. The Morgan fingerprint density at radius 1 is 1.00 bits per heavy atom. The Morgan fingerprint density at radius 2 is 1.68 bits per heavy atom. The molecule has 1 aromatic heterocycles. The monoisotopic (exact) mass is 294 g/mol. The Labute approximate surface area is 127 Å². The topological polar surface area (TPSA) is 64.3 Å². The summed E-state index contributed by atoms with van der Waals surface area (Å²) < 4.78 is 0.711. The number of nitrogens with zero attached hydrogens (tertiary/aromatic N) is 2. The number of imide groups is 1. The number of hydrogen-bond donors (Lipinski definition) is 0. The number of aromatic nitrogens is 1. The molecule has 0 unspecified atom stereocenters. The first kappa shape index (κ1) is 13.0. The molecule has 0 bridgehead atoms. The highest BCUT2D eigenvalue weighted by molar-refractivity contribution is 6.34. The van der Waals surface area contributed by atoms with Gasteiger partial charge < -0.3 is 5.21 Å². The summed E-state index contributed by atoms with van der Waals surface area (Å²) in [5.74, 6) is -0.405. The van der Waals surface area contributed by atoms with E-state index in [0.717, 1.165) is 18.2 Å². The van der Waals surface area contributed by atoms with Crippen molar-refractivity contribution in [3.8, 4) is 0 Å². The molecule has 2 aromatic rings. The summed E-state index contributed by atoms with van der Waals surface area (Å²) in [6, 6.07) is 6.96. The highest BCUT2D eigenvalue weighted by atomic mass is 16.5. The molecule has 0 fully saturated rings. The quantitative estimate of drug-likeness (QED) is 0.460. The first-order valence-electron chi connectivity index (χ1n) is 7.39. The van der Waals surface area contributed by atoms with Crippen LogP contribution in [0.25, 0.3) is 10.8 Å². The van der Waals surface area contributed by atoms with E-state index in [2.05, 4.69) is 0 Å². The lowest BCUT2D eigenvalue weighted by atomic mass is 9.93. The molecule has 110 valence electrons. The van der Waals surface area contributed by atoms with Crippen molar-refractivity contribution in [1.29, 1.82) is 0 Å². The van der Waals surface area contributed by atoms with E-state index in [1.54, 1.807) is 24.3 Å². The Balaban J connectivity index is 1.87. The first-order valence-corrected chi connectivity index (χ1v) is 7.39. The van der Waals surface area contributed by atoms with Crippen molar-refractivity contribution in [2.24, 2.45) is 0 Å². The number of carbonyl (C=O) groups excluding carboxylic acids is 2. The minimum absolute atomic E-state index is 0.203. The summed E-state index contributed by atoms with van der Waals surface area (Å²) in [4.78, 5) is 26.6. The van der Waals surface area contributed by atoms with Gasteiger partial charge in [-0.3, -0.25) is 9.59 Å². The van der Waals surface area contributed by atoms with Crippen LogP contribution in [-0.2, 0) is 9.59 Å². The van der Waals surface area contributed by atoms with E-state index in [1.807, 2.05) is 0 Å². The van der Waals surface area contributed by atoms with Crippen LogP contribution in [0.15, 0.2) is 47.8 Å². The first-order chi connectivity index (χ1) is 10.7. The van der Waals surface area contributed by atoms with Crippen molar-refractivity contribution >= 4 is 28.3 Å². The number of benzene rings is 1. The van der Waals surface area contributed by atoms with Gasteiger partial charge in [-0.15, -0.1) is 0 Å². The van der Waals surface area contributed by atoms with Crippen LogP contribution in [0, 0.1) is 5.21 Å². The maximum atomic E-state index is 12.6. The smallest absolute Gasteiger partial charge is 0.261 e. The molecule has 1 aromatic carbocycles. The molecule has 22 heavy (non-hydrogen) atoms. The van der Waals surface area contributed by atoms with Gasteiger partial charge in [-0.25, -0.2) is 4.90 Å². The fourth-order valence-electron chi connectivity index (χ4n) is 3.35. The van der Waals surface area contributed by atoms with Crippen molar-refractivity contribution in [3.05, 3.63) is 53.0 Å². The molecule has 0 N–H and O–H groups in total. The molecule has 4 rings (SSSR count). The van der Waals surface area contributed by atoms with Gasteiger partial charge in [0, 0.05) is 28.0 Å². The normalized spacial score (nSPS) is 18.3. The van der Waals surface area contributed by atoms with Crippen molar-refractivity contribution in [3.63, 3.8) is 0 Å². The average molecular weight is 294 g/mol. The molecule has 5 nitrogen and oxygen atoms in total. The predicted octanol–water partition coefficient (Wildman–Crippen LogP) is 2.22. The number of amides is 2. The van der Waals surface area contributed by atoms with Crippen molar-refractivity contribution < 1.29 is 14.3 Å². The summed E-state index contributed by atoms with van der Waals surface area (Å²) in [5, 5.41) is 12.9. The molecular weight excluding hydrogens is 280 g/mol. The Bertz CT molecular complexity index is 826. The fourth-order valence-corrected chi connectivity index (χ4v) is 3.35. The summed E-state index contributed by atoms with van der Waals surface area (Å²) in [6.07, 6.45) is 6.10. The molecule has 2 amide bonds. The second-order valence-electron chi connectivity index (χ2n) is 5.69. The van der Waals surface area contributed by atoms with Crippen LogP contribution in [0.2, 0.25) is 0 Å². The SMILES string of the molecule is O=C1C2=C(CCCC2)C(=O)N1c1cccc2c[n+]([O-])ccc12. The van der Waals surface area contributed by atoms with E-state index in [0.29, 0.717) is 39.8 Å². The van der Waals surface area contributed by atoms with Gasteiger partial charge in [0.2, 0.25) is 0 Å². The van der Waals surface area contributed by atoms with E-state index in [9.17, 15) is 14.8 Å². The van der Waals surface area contributed by atoms with Crippen LogP contribution in [-0.4, -0.2) is 11.8 Å². The third-order valence-corrected chi connectivity index (χ3v) is 4.40. The van der Waals surface area contributed by atoms with E-state index >= 15 is 0 Å². The van der Waals surface area contributed by atoms with Gasteiger partial charge in [-0.2, -0.15) is 4.73 Å². The zero-order valence-corrected chi connectivity index (χ0v) is 11.9. The third kappa shape index (κ3) is 1.75. The highest BCUT2D eigenvalue weighted by Gasteiger charge is 2.40. The molecule has 0 atom stereocenters. The minimum atomic E-state index is -0.203. The second-order valence-corrected chi connectivity index (χ2v) is 5.69. The van der Waals surface area contributed by atoms with Crippen molar-refractivity contribution in [1.82, 2.24) is 0 Å². The fraction of sp³-hybridized carbons (Fsp3) is 0.235. The molecule has 0 radical (unpaired) electrons. The van der Waals surface area contributed by atoms with Gasteiger partial charge >= 0.3 is 0 Å². The highest BCUT2D eigenvalue weighted by Crippen LogP contribution is 2.37. The maximum absolute atomic E-state index is 12.6. The lowest BCUT2D eigenvalue weighted by Gasteiger charge is -2.17. The Kier molecular flexibility index (Phi) is 2.76. The Morgan fingerprint density at radius 3 is 2.36 bits per heavy atom. The van der Waals surface area contributed by atoms with Crippen LogP contribution in [0.3, 0.4) is 0 Å². The van der Waals surface area contributed by atoms with Crippen molar-refractivity contribution in [2.45, 2.75) is 25.7 Å². The number of pyridine rings is 1. The maximum Gasteiger partial charge on any atom is 0.261 e. The molecule has 0 spiro atoms. The molecule has 1 aliphatic heterocycles. The lowest BCUT2D eigenvalue weighted by Crippen LogP contribution is -2.32. The molecular formula is C17H14N2O3. The van der Waals surface area contributed by atoms with E-state index in [1.165, 1.54) is 17.3 Å². The molecule has 2 aliphatic rings. The van der Waals surface area contributed by atoms with Gasteiger partial charge in [0.05, 0.1) is 5.69 Å². The molecule has 0 saturated heterocycles. The van der Waals surface area contributed by atoms with Crippen LogP contribution in [0.5, 0.6) is 0 Å². The third-order valence-electron chi connectivity index (χ3n) is 4.40. The minimum Gasteiger partial charge on any atom is -0.619 e. The zero-order chi connectivity index (χ0) is 15.3. The van der Waals surface area contributed by atoms with Crippen LogP contribution < -0.4 is 9.63 Å². The molecule has 1 aliphatic carbocycles. The molecule has 2 heterocycles. The van der Waals surface area contributed by atoms with Gasteiger partial charge in [0.1, 0.15) is 0 Å². The number of anilines is 1. The van der Waals surface area contributed by atoms with Gasteiger partial charge in [0.25, 0.3) is 11.8 Å². The molecule has 5 heteroatoms. The summed E-state index contributed by atoms with van der Waals surface area (Å²) in [6.45, 7) is 0. The summed E-state index contributed by atoms with van der Waals surface area (Å²) in [5.41, 5.74) is 1.90. The van der Waals surface area contributed by atoms with Crippen molar-refractivity contribution in [2.75, 3.05) is 4.90 Å².